The maximum absolute atomic E-state index is 12.7. The Morgan fingerprint density at radius 1 is 1.32 bits per heavy atom. The predicted molar refractivity (Wildman–Crippen MR) is 96.2 cm³/mol. The van der Waals surface area contributed by atoms with Crippen LogP contribution in [0.3, 0.4) is 0 Å². The van der Waals surface area contributed by atoms with E-state index in [4.69, 9.17) is 5.73 Å². The molecule has 2 aromatic rings. The van der Waals surface area contributed by atoms with Gasteiger partial charge in [-0.25, -0.2) is 0 Å². The molecule has 1 saturated heterocycles. The molecule has 1 aromatic heterocycles. The number of halogens is 3. The SMILES string of the molecule is C[C@H]1C[C@@H](NC(=O)[C@H](N)C(F)(F)F)CN(c2ccc(C#N)c3nccnc23)C1. The number of fused-ring (bicyclic) bond motifs is 1. The Hall–Kier alpha value is -2.93. The number of nitriles is 1. The fourth-order valence-electron chi connectivity index (χ4n) is 3.48. The summed E-state index contributed by atoms with van der Waals surface area (Å²) in [6.07, 6.45) is -1.25. The summed E-state index contributed by atoms with van der Waals surface area (Å²) in [5.74, 6) is -1.13. The number of carbonyl (C=O) groups is 1. The molecule has 148 valence electrons. The van der Waals surface area contributed by atoms with Gasteiger partial charge < -0.3 is 16.0 Å². The van der Waals surface area contributed by atoms with Gasteiger partial charge in [0.25, 0.3) is 0 Å². The fraction of sp³-hybridized carbons (Fsp3) is 0.444. The molecule has 28 heavy (non-hydrogen) atoms. The number of hydrogen-bond acceptors (Lipinski definition) is 6. The Morgan fingerprint density at radius 3 is 2.64 bits per heavy atom. The van der Waals surface area contributed by atoms with Crippen LogP contribution in [0.5, 0.6) is 0 Å². The summed E-state index contributed by atoms with van der Waals surface area (Å²) in [6, 6.07) is 2.40. The number of anilines is 1. The Morgan fingerprint density at radius 2 is 2.00 bits per heavy atom. The van der Waals surface area contributed by atoms with Crippen LogP contribution in [0.1, 0.15) is 18.9 Å². The molecule has 0 radical (unpaired) electrons. The van der Waals surface area contributed by atoms with Gasteiger partial charge in [0.15, 0.2) is 6.04 Å². The summed E-state index contributed by atoms with van der Waals surface area (Å²) in [7, 11) is 0. The molecule has 3 N–H and O–H groups in total. The van der Waals surface area contributed by atoms with Crippen molar-refractivity contribution in [3.05, 3.63) is 30.1 Å². The first-order valence-electron chi connectivity index (χ1n) is 8.72. The van der Waals surface area contributed by atoms with Gasteiger partial charge in [0, 0.05) is 31.5 Å². The summed E-state index contributed by atoms with van der Waals surface area (Å²) >= 11 is 0. The van der Waals surface area contributed by atoms with E-state index >= 15 is 0 Å². The number of hydrogen-bond donors (Lipinski definition) is 2. The summed E-state index contributed by atoms with van der Waals surface area (Å²) in [5.41, 5.74) is 7.10. The third kappa shape index (κ3) is 3.99. The number of nitrogens with two attached hydrogens (primary N) is 1. The van der Waals surface area contributed by atoms with Crippen LogP contribution in [-0.2, 0) is 4.79 Å². The molecule has 10 heteroatoms. The van der Waals surface area contributed by atoms with Crippen LogP contribution >= 0.6 is 0 Å². The number of nitrogens with one attached hydrogen (secondary N) is 1. The van der Waals surface area contributed by atoms with Gasteiger partial charge in [-0.1, -0.05) is 6.92 Å². The molecule has 1 aliphatic heterocycles. The highest BCUT2D eigenvalue weighted by Gasteiger charge is 2.43. The first kappa shape index (κ1) is 19.8. The summed E-state index contributed by atoms with van der Waals surface area (Å²) in [5, 5.41) is 11.7. The lowest BCUT2D eigenvalue weighted by molar-refractivity contribution is -0.163. The third-order valence-electron chi connectivity index (χ3n) is 4.71. The van der Waals surface area contributed by atoms with Gasteiger partial charge in [-0.3, -0.25) is 14.8 Å². The van der Waals surface area contributed by atoms with Crippen molar-refractivity contribution in [3.63, 3.8) is 0 Å². The first-order chi connectivity index (χ1) is 13.2. The minimum Gasteiger partial charge on any atom is -0.367 e. The molecule has 2 heterocycles. The van der Waals surface area contributed by atoms with Gasteiger partial charge in [-0.2, -0.15) is 18.4 Å². The van der Waals surface area contributed by atoms with E-state index < -0.39 is 24.2 Å². The molecule has 1 fully saturated rings. The van der Waals surface area contributed by atoms with E-state index in [1.165, 1.54) is 12.4 Å². The number of benzene rings is 1. The number of carbonyl (C=O) groups excluding carboxylic acids is 1. The van der Waals surface area contributed by atoms with Crippen LogP contribution in [0.4, 0.5) is 18.9 Å². The topological polar surface area (TPSA) is 108 Å². The highest BCUT2D eigenvalue weighted by molar-refractivity contribution is 5.92. The minimum atomic E-state index is -4.79. The molecular weight excluding hydrogens is 373 g/mol. The summed E-state index contributed by atoms with van der Waals surface area (Å²) in [6.45, 7) is 2.89. The molecule has 7 nitrogen and oxygen atoms in total. The van der Waals surface area contributed by atoms with Crippen LogP contribution in [0.25, 0.3) is 11.0 Å². The number of piperidine rings is 1. The Bertz CT molecular complexity index is 926. The van der Waals surface area contributed by atoms with E-state index in [1.54, 1.807) is 12.1 Å². The van der Waals surface area contributed by atoms with Gasteiger partial charge in [0.05, 0.1) is 11.3 Å². The zero-order valence-electron chi connectivity index (χ0n) is 15.1. The Kier molecular flexibility index (Phi) is 5.38. The molecule has 0 unspecified atom stereocenters. The lowest BCUT2D eigenvalue weighted by Gasteiger charge is -2.38. The van der Waals surface area contributed by atoms with Crippen LogP contribution in [0.15, 0.2) is 24.5 Å². The maximum Gasteiger partial charge on any atom is 0.412 e. The smallest absolute Gasteiger partial charge is 0.367 e. The molecule has 0 spiro atoms. The number of aromatic nitrogens is 2. The lowest BCUT2D eigenvalue weighted by atomic mass is 9.94. The van der Waals surface area contributed by atoms with E-state index in [0.29, 0.717) is 41.8 Å². The normalized spacial score (nSPS) is 21.2. The van der Waals surface area contributed by atoms with Gasteiger partial charge in [0.2, 0.25) is 5.91 Å². The van der Waals surface area contributed by atoms with E-state index in [9.17, 15) is 23.2 Å². The van der Waals surface area contributed by atoms with Crippen molar-refractivity contribution in [1.29, 1.82) is 5.26 Å². The standard InChI is InChI=1S/C18H19F3N6O/c1-10-6-12(26-17(28)16(23)18(19,20)21)9-27(8-10)13-3-2-11(7-22)14-15(13)25-5-4-24-14/h2-5,10,12,16H,6,8-9,23H2,1H3,(H,26,28)/t10-,12+,16-/m0/s1. The quantitative estimate of drug-likeness (QED) is 0.824. The van der Waals surface area contributed by atoms with E-state index in [1.807, 2.05) is 11.8 Å². The van der Waals surface area contributed by atoms with E-state index in [-0.39, 0.29) is 5.92 Å². The van der Waals surface area contributed by atoms with Gasteiger partial charge in [-0.05, 0) is 24.5 Å². The molecule has 0 aliphatic carbocycles. The van der Waals surface area contributed by atoms with Crippen LogP contribution < -0.4 is 16.0 Å². The fourth-order valence-corrected chi connectivity index (χ4v) is 3.48. The largest absolute Gasteiger partial charge is 0.412 e. The van der Waals surface area contributed by atoms with Gasteiger partial charge >= 0.3 is 6.18 Å². The Labute approximate surface area is 159 Å². The zero-order valence-corrected chi connectivity index (χ0v) is 15.1. The zero-order chi connectivity index (χ0) is 20.5. The second kappa shape index (κ2) is 7.59. The van der Waals surface area contributed by atoms with Gasteiger partial charge in [-0.15, -0.1) is 0 Å². The summed E-state index contributed by atoms with van der Waals surface area (Å²) in [4.78, 5) is 22.4. The molecule has 3 rings (SSSR count). The molecule has 0 saturated carbocycles. The van der Waals surface area contributed by atoms with Crippen molar-refractivity contribution in [2.24, 2.45) is 11.7 Å². The number of rotatable bonds is 3. The van der Waals surface area contributed by atoms with E-state index in [0.717, 1.165) is 0 Å². The summed E-state index contributed by atoms with van der Waals surface area (Å²) < 4.78 is 38.0. The molecular formula is C18H19F3N6O. The lowest BCUT2D eigenvalue weighted by Crippen LogP contribution is -2.57. The second-order valence-corrected chi connectivity index (χ2v) is 6.97. The van der Waals surface area contributed by atoms with Gasteiger partial charge in [0.1, 0.15) is 17.1 Å². The number of nitrogens with zero attached hydrogens (tertiary/aromatic N) is 4. The van der Waals surface area contributed by atoms with Crippen molar-refractivity contribution >= 4 is 22.6 Å². The maximum atomic E-state index is 12.7. The highest BCUT2D eigenvalue weighted by atomic mass is 19.4. The number of amides is 1. The average Bonchev–Trinajstić information content (AvgIpc) is 2.65. The third-order valence-corrected chi connectivity index (χ3v) is 4.71. The molecule has 3 atom stereocenters. The number of alkyl halides is 3. The molecule has 1 aromatic carbocycles. The first-order valence-corrected chi connectivity index (χ1v) is 8.72. The van der Waals surface area contributed by atoms with Crippen LogP contribution in [0, 0.1) is 17.2 Å². The van der Waals surface area contributed by atoms with E-state index in [2.05, 4.69) is 21.4 Å². The van der Waals surface area contributed by atoms with Crippen LogP contribution in [-0.4, -0.2) is 47.2 Å². The highest BCUT2D eigenvalue weighted by Crippen LogP contribution is 2.30. The monoisotopic (exact) mass is 392 g/mol. The van der Waals surface area contributed by atoms with Crippen molar-refractivity contribution in [2.75, 3.05) is 18.0 Å². The minimum absolute atomic E-state index is 0.114. The molecule has 0 bridgehead atoms. The second-order valence-electron chi connectivity index (χ2n) is 6.97. The Balaban J connectivity index is 1.85. The van der Waals surface area contributed by atoms with Crippen LogP contribution in [0.2, 0.25) is 0 Å². The van der Waals surface area contributed by atoms with Crippen molar-refractivity contribution < 1.29 is 18.0 Å². The molecule has 1 amide bonds. The average molecular weight is 392 g/mol. The van der Waals surface area contributed by atoms with Crippen molar-refractivity contribution in [3.8, 4) is 6.07 Å². The van der Waals surface area contributed by atoms with Crippen molar-refractivity contribution in [1.82, 2.24) is 15.3 Å². The van der Waals surface area contributed by atoms with Crippen molar-refractivity contribution in [2.45, 2.75) is 31.6 Å². The molecule has 1 aliphatic rings. The predicted octanol–water partition coefficient (Wildman–Crippen LogP) is 1.72.